The van der Waals surface area contributed by atoms with Crippen molar-refractivity contribution < 1.29 is 14.6 Å². The molecule has 2 atom stereocenters. The van der Waals surface area contributed by atoms with Gasteiger partial charge in [0.1, 0.15) is 5.60 Å². The topological polar surface area (TPSA) is 41.9 Å². The van der Waals surface area contributed by atoms with Crippen molar-refractivity contribution in [2.45, 2.75) is 31.0 Å². The first-order chi connectivity index (χ1) is 9.84. The van der Waals surface area contributed by atoms with Crippen LogP contribution in [0.4, 0.5) is 0 Å². The molecule has 110 valence electrons. The summed E-state index contributed by atoms with van der Waals surface area (Å²) in [6.45, 7) is 4.00. The number of rotatable bonds is 5. The van der Waals surface area contributed by atoms with E-state index in [1.165, 1.54) is 5.56 Å². The Morgan fingerprint density at radius 1 is 1.25 bits per heavy atom. The van der Waals surface area contributed by atoms with Crippen molar-refractivity contribution in [2.24, 2.45) is 0 Å². The largest absolute Gasteiger partial charge is 0.395 e. The van der Waals surface area contributed by atoms with E-state index in [0.717, 1.165) is 32.6 Å². The lowest BCUT2D eigenvalue weighted by Gasteiger charge is -2.37. The van der Waals surface area contributed by atoms with Crippen LogP contribution in [0.2, 0.25) is 0 Å². The van der Waals surface area contributed by atoms with Gasteiger partial charge in [0.15, 0.2) is 0 Å². The number of hydrogen-bond acceptors (Lipinski definition) is 4. The first-order valence-corrected chi connectivity index (χ1v) is 7.45. The van der Waals surface area contributed by atoms with E-state index in [0.29, 0.717) is 19.2 Å². The first kappa shape index (κ1) is 14.0. The van der Waals surface area contributed by atoms with Gasteiger partial charge < -0.3 is 14.6 Å². The standard InChI is InChI=1S/C16H23NO3/c18-9-8-17(12-14-4-2-1-3-5-14)15-6-10-20-16(15)7-11-19-13-16/h1-5,15,18H,6-13H2. The summed E-state index contributed by atoms with van der Waals surface area (Å²) in [4.78, 5) is 2.36. The molecule has 3 rings (SSSR count). The van der Waals surface area contributed by atoms with Gasteiger partial charge in [-0.3, -0.25) is 4.90 Å². The van der Waals surface area contributed by atoms with Crippen molar-refractivity contribution >= 4 is 0 Å². The van der Waals surface area contributed by atoms with Gasteiger partial charge in [0, 0.05) is 38.8 Å². The highest BCUT2D eigenvalue weighted by atomic mass is 16.6. The summed E-state index contributed by atoms with van der Waals surface area (Å²) < 4.78 is 11.6. The van der Waals surface area contributed by atoms with E-state index in [1.54, 1.807) is 0 Å². The SMILES string of the molecule is OCCN(Cc1ccccc1)C1CCOC12CCOC2. The Morgan fingerprint density at radius 2 is 2.10 bits per heavy atom. The Kier molecular flexibility index (Phi) is 4.36. The number of nitrogens with zero attached hydrogens (tertiary/aromatic N) is 1. The summed E-state index contributed by atoms with van der Waals surface area (Å²) in [7, 11) is 0. The Hall–Kier alpha value is -0.940. The fourth-order valence-electron chi connectivity index (χ4n) is 3.48. The lowest BCUT2D eigenvalue weighted by molar-refractivity contribution is -0.0477. The molecule has 1 aromatic carbocycles. The van der Waals surface area contributed by atoms with Crippen LogP contribution in [-0.2, 0) is 16.0 Å². The average molecular weight is 277 g/mol. The van der Waals surface area contributed by atoms with Crippen LogP contribution < -0.4 is 0 Å². The third-order valence-electron chi connectivity index (χ3n) is 4.46. The van der Waals surface area contributed by atoms with Gasteiger partial charge in [0.25, 0.3) is 0 Å². The molecule has 2 aliphatic rings. The second-order valence-electron chi connectivity index (χ2n) is 5.70. The molecule has 20 heavy (non-hydrogen) atoms. The van der Waals surface area contributed by atoms with Crippen molar-refractivity contribution in [3.8, 4) is 0 Å². The van der Waals surface area contributed by atoms with Gasteiger partial charge in [-0.15, -0.1) is 0 Å². The quantitative estimate of drug-likeness (QED) is 0.884. The molecule has 0 saturated carbocycles. The van der Waals surface area contributed by atoms with E-state index in [1.807, 2.05) is 6.07 Å². The molecule has 0 bridgehead atoms. The van der Waals surface area contributed by atoms with Crippen molar-refractivity contribution in [1.82, 2.24) is 4.90 Å². The van der Waals surface area contributed by atoms with Crippen molar-refractivity contribution in [1.29, 1.82) is 0 Å². The maximum atomic E-state index is 9.39. The van der Waals surface area contributed by atoms with Crippen LogP contribution in [0.3, 0.4) is 0 Å². The van der Waals surface area contributed by atoms with Crippen molar-refractivity contribution in [3.63, 3.8) is 0 Å². The predicted octanol–water partition coefficient (Wildman–Crippen LogP) is 1.43. The summed E-state index contributed by atoms with van der Waals surface area (Å²) >= 11 is 0. The van der Waals surface area contributed by atoms with Crippen LogP contribution in [0, 0.1) is 0 Å². The molecular formula is C16H23NO3. The average Bonchev–Trinajstić information content (AvgIpc) is 3.10. The van der Waals surface area contributed by atoms with Crippen LogP contribution in [0.15, 0.2) is 30.3 Å². The lowest BCUT2D eigenvalue weighted by atomic mass is 9.91. The van der Waals surface area contributed by atoms with Gasteiger partial charge >= 0.3 is 0 Å². The number of aliphatic hydroxyl groups excluding tert-OH is 1. The zero-order valence-electron chi connectivity index (χ0n) is 11.8. The van der Waals surface area contributed by atoms with Crippen LogP contribution in [0.25, 0.3) is 0 Å². The van der Waals surface area contributed by atoms with E-state index >= 15 is 0 Å². The number of hydrogen-bond donors (Lipinski definition) is 1. The molecule has 0 aliphatic carbocycles. The van der Waals surface area contributed by atoms with Gasteiger partial charge in [0.2, 0.25) is 0 Å². The second-order valence-corrected chi connectivity index (χ2v) is 5.70. The Labute approximate surface area is 120 Å². The Morgan fingerprint density at radius 3 is 2.80 bits per heavy atom. The number of benzene rings is 1. The summed E-state index contributed by atoms with van der Waals surface area (Å²) in [5, 5.41) is 9.39. The Balaban J connectivity index is 1.76. The third-order valence-corrected chi connectivity index (χ3v) is 4.46. The van der Waals surface area contributed by atoms with E-state index in [-0.39, 0.29) is 12.2 Å². The molecule has 2 unspecified atom stereocenters. The van der Waals surface area contributed by atoms with Gasteiger partial charge in [-0.2, -0.15) is 0 Å². The molecule has 2 saturated heterocycles. The summed E-state index contributed by atoms with van der Waals surface area (Å²) in [5.41, 5.74) is 1.13. The van der Waals surface area contributed by atoms with Gasteiger partial charge in [-0.25, -0.2) is 0 Å². The second kappa shape index (κ2) is 6.22. The van der Waals surface area contributed by atoms with E-state index in [4.69, 9.17) is 9.47 Å². The molecule has 1 N–H and O–H groups in total. The summed E-state index contributed by atoms with van der Waals surface area (Å²) in [5.74, 6) is 0. The zero-order chi connectivity index (χ0) is 13.8. The van der Waals surface area contributed by atoms with E-state index in [9.17, 15) is 5.11 Å². The summed E-state index contributed by atoms with van der Waals surface area (Å²) in [6.07, 6.45) is 1.99. The molecule has 2 fully saturated rings. The monoisotopic (exact) mass is 277 g/mol. The molecule has 4 nitrogen and oxygen atoms in total. The predicted molar refractivity (Wildman–Crippen MR) is 76.5 cm³/mol. The van der Waals surface area contributed by atoms with Crippen LogP contribution >= 0.6 is 0 Å². The maximum Gasteiger partial charge on any atom is 0.109 e. The minimum Gasteiger partial charge on any atom is -0.395 e. The fraction of sp³-hybridized carbons (Fsp3) is 0.625. The van der Waals surface area contributed by atoms with Gasteiger partial charge in [0.05, 0.1) is 13.2 Å². The molecule has 2 heterocycles. The molecule has 0 aromatic heterocycles. The van der Waals surface area contributed by atoms with E-state index < -0.39 is 0 Å². The van der Waals surface area contributed by atoms with Crippen LogP contribution in [0.1, 0.15) is 18.4 Å². The minimum absolute atomic E-state index is 0.149. The third kappa shape index (κ3) is 2.74. The Bertz CT molecular complexity index is 411. The first-order valence-electron chi connectivity index (χ1n) is 7.45. The lowest BCUT2D eigenvalue weighted by Crippen LogP contribution is -2.51. The highest BCUT2D eigenvalue weighted by Gasteiger charge is 2.49. The van der Waals surface area contributed by atoms with Gasteiger partial charge in [-0.05, 0) is 12.0 Å². The smallest absolute Gasteiger partial charge is 0.109 e. The molecular weight excluding hydrogens is 254 g/mol. The molecule has 4 heteroatoms. The van der Waals surface area contributed by atoms with Crippen molar-refractivity contribution in [3.05, 3.63) is 35.9 Å². The molecule has 1 aromatic rings. The van der Waals surface area contributed by atoms with Crippen LogP contribution in [0.5, 0.6) is 0 Å². The highest BCUT2D eigenvalue weighted by Crippen LogP contribution is 2.37. The summed E-state index contributed by atoms with van der Waals surface area (Å²) in [6, 6.07) is 10.8. The number of aliphatic hydroxyl groups is 1. The van der Waals surface area contributed by atoms with Crippen LogP contribution in [-0.4, -0.2) is 54.6 Å². The van der Waals surface area contributed by atoms with Crippen molar-refractivity contribution in [2.75, 3.05) is 33.0 Å². The zero-order valence-corrected chi connectivity index (χ0v) is 11.8. The highest BCUT2D eigenvalue weighted by molar-refractivity contribution is 5.15. The minimum atomic E-state index is -0.149. The molecule has 2 aliphatic heterocycles. The number of ether oxygens (including phenoxy) is 2. The molecule has 0 amide bonds. The molecule has 1 spiro atoms. The normalized spacial score (nSPS) is 29.6. The molecule has 0 radical (unpaired) electrons. The fourth-order valence-corrected chi connectivity index (χ4v) is 3.48. The van der Waals surface area contributed by atoms with E-state index in [2.05, 4.69) is 29.2 Å². The maximum absolute atomic E-state index is 9.39. The van der Waals surface area contributed by atoms with Gasteiger partial charge in [-0.1, -0.05) is 30.3 Å².